The summed E-state index contributed by atoms with van der Waals surface area (Å²) in [6, 6.07) is 14.6. The van der Waals surface area contributed by atoms with Gasteiger partial charge in [0.2, 0.25) is 5.91 Å². The number of amides is 1. The Morgan fingerprint density at radius 1 is 0.944 bits per heavy atom. The Kier molecular flexibility index (Phi) is 6.29. The predicted octanol–water partition coefficient (Wildman–Crippen LogP) is 2.75. The van der Waals surface area contributed by atoms with Gasteiger partial charge >= 0.3 is 5.97 Å². The van der Waals surface area contributed by atoms with Gasteiger partial charge in [-0.15, -0.1) is 0 Å². The summed E-state index contributed by atoms with van der Waals surface area (Å²) in [6.07, 6.45) is 7.40. The molecule has 1 aliphatic carbocycles. The molecular formula is C29H26N4O3. The van der Waals surface area contributed by atoms with E-state index in [0.717, 1.165) is 45.5 Å². The topological polar surface area (TPSA) is 105 Å². The monoisotopic (exact) mass is 478 g/mol. The molecule has 0 saturated carbocycles. The van der Waals surface area contributed by atoms with Crippen LogP contribution in [0.15, 0.2) is 77.4 Å². The first kappa shape index (κ1) is 23.4. The van der Waals surface area contributed by atoms with Crippen LogP contribution in [0.1, 0.15) is 38.6 Å². The number of nitrogens with zero attached hydrogens (tertiary/aromatic N) is 3. The molecule has 1 atom stereocenters. The second kappa shape index (κ2) is 9.70. The predicted molar refractivity (Wildman–Crippen MR) is 136 cm³/mol. The summed E-state index contributed by atoms with van der Waals surface area (Å²) in [4.78, 5) is 37.2. The molecule has 0 radical (unpaired) electrons. The molecule has 2 aliphatic rings. The minimum absolute atomic E-state index is 0.0828. The van der Waals surface area contributed by atoms with Crippen molar-refractivity contribution >= 4 is 17.4 Å². The van der Waals surface area contributed by atoms with Crippen LogP contribution in [0.5, 0.6) is 0 Å². The lowest BCUT2D eigenvalue weighted by Crippen LogP contribution is -2.33. The molecule has 0 bridgehead atoms. The zero-order chi connectivity index (χ0) is 25.2. The summed E-state index contributed by atoms with van der Waals surface area (Å²) in [7, 11) is 0. The average molecular weight is 479 g/mol. The molecular weight excluding hydrogens is 452 g/mol. The van der Waals surface area contributed by atoms with E-state index in [2.05, 4.69) is 39.6 Å². The number of aromatic carboxylic acids is 1. The van der Waals surface area contributed by atoms with Crippen molar-refractivity contribution in [1.82, 2.24) is 15.3 Å². The Bertz CT molecular complexity index is 1540. The van der Waals surface area contributed by atoms with Gasteiger partial charge in [-0.2, -0.15) is 0 Å². The molecule has 0 fully saturated rings. The standard InChI is InChI=1S/C29H26N4O3/c1-17-26-27-23(4-3-5-24(27)33-28(26)32-18(2)31-17)14-19-6-8-20(9-7-19)15-25(34)30-16-21-10-12-22(13-11-21)29(35)36/h3-13,23H,14-16H2,1-2H3,(H,30,34)(H,35,36). The molecule has 7 heteroatoms. The van der Waals surface area contributed by atoms with Crippen LogP contribution in [0.2, 0.25) is 0 Å². The van der Waals surface area contributed by atoms with Crippen molar-refractivity contribution in [2.75, 3.05) is 0 Å². The van der Waals surface area contributed by atoms with E-state index in [-0.39, 0.29) is 23.8 Å². The number of benzene rings is 2. The highest BCUT2D eigenvalue weighted by atomic mass is 16.4. The van der Waals surface area contributed by atoms with Crippen LogP contribution in [0, 0.1) is 19.8 Å². The smallest absolute Gasteiger partial charge is 0.335 e. The maximum atomic E-state index is 12.4. The third-order valence-electron chi connectivity index (χ3n) is 6.46. The largest absolute Gasteiger partial charge is 0.478 e. The molecule has 7 nitrogen and oxygen atoms in total. The van der Waals surface area contributed by atoms with Crippen molar-refractivity contribution in [2.24, 2.45) is 10.9 Å². The first-order chi connectivity index (χ1) is 17.4. The molecule has 5 rings (SSSR count). The van der Waals surface area contributed by atoms with Gasteiger partial charge in [-0.1, -0.05) is 48.6 Å². The molecule has 2 N–H and O–H groups in total. The van der Waals surface area contributed by atoms with Gasteiger partial charge in [0.1, 0.15) is 5.82 Å². The zero-order valence-corrected chi connectivity index (χ0v) is 20.2. The van der Waals surface area contributed by atoms with Crippen molar-refractivity contribution in [2.45, 2.75) is 33.2 Å². The molecule has 1 aliphatic heterocycles. The Morgan fingerprint density at radius 2 is 1.64 bits per heavy atom. The molecule has 0 saturated heterocycles. The SMILES string of the molecule is Cc1nc(C)c2c(n1)=NC1=CC=CC(Cc3ccc(CC(=O)NCc4ccc(C(=O)O)cc4)cc3)C=21. The lowest BCUT2D eigenvalue weighted by molar-refractivity contribution is -0.120. The third kappa shape index (κ3) is 4.86. The summed E-state index contributed by atoms with van der Waals surface area (Å²) >= 11 is 0. The van der Waals surface area contributed by atoms with E-state index in [1.807, 2.05) is 32.1 Å². The number of carboxylic acid groups (broad SMARTS) is 1. The van der Waals surface area contributed by atoms with Crippen molar-refractivity contribution in [3.63, 3.8) is 0 Å². The first-order valence-electron chi connectivity index (χ1n) is 11.9. The van der Waals surface area contributed by atoms with Crippen molar-refractivity contribution in [3.8, 4) is 0 Å². The van der Waals surface area contributed by atoms with E-state index < -0.39 is 5.97 Å². The fourth-order valence-electron chi connectivity index (χ4n) is 4.70. The number of hydrogen-bond donors (Lipinski definition) is 2. The maximum Gasteiger partial charge on any atom is 0.335 e. The van der Waals surface area contributed by atoms with E-state index >= 15 is 0 Å². The molecule has 3 aromatic rings. The van der Waals surface area contributed by atoms with Crippen LogP contribution in [0.4, 0.5) is 0 Å². The highest BCUT2D eigenvalue weighted by Crippen LogP contribution is 2.31. The normalized spacial score (nSPS) is 15.6. The quantitative estimate of drug-likeness (QED) is 0.543. The second-order valence-corrected chi connectivity index (χ2v) is 9.10. The molecule has 1 aromatic heterocycles. The lowest BCUT2D eigenvalue weighted by Gasteiger charge is -2.19. The van der Waals surface area contributed by atoms with Crippen LogP contribution < -0.4 is 16.0 Å². The summed E-state index contributed by atoms with van der Waals surface area (Å²) in [6.45, 7) is 4.26. The number of carbonyl (C=O) groups excluding carboxylic acids is 1. The number of carboxylic acids is 1. The van der Waals surface area contributed by atoms with Crippen LogP contribution in [-0.4, -0.2) is 27.0 Å². The molecule has 36 heavy (non-hydrogen) atoms. The summed E-state index contributed by atoms with van der Waals surface area (Å²) < 4.78 is 0. The van der Waals surface area contributed by atoms with Crippen LogP contribution in [0.3, 0.4) is 0 Å². The number of rotatable bonds is 7. The van der Waals surface area contributed by atoms with Crippen LogP contribution >= 0.6 is 0 Å². The zero-order valence-electron chi connectivity index (χ0n) is 20.2. The van der Waals surface area contributed by atoms with Crippen LogP contribution in [0.25, 0.3) is 5.57 Å². The van der Waals surface area contributed by atoms with Gasteiger partial charge in [-0.3, -0.25) is 4.79 Å². The fourth-order valence-corrected chi connectivity index (χ4v) is 4.70. The summed E-state index contributed by atoms with van der Waals surface area (Å²) in [5.74, 6) is -0.136. The highest BCUT2D eigenvalue weighted by Gasteiger charge is 2.25. The Hall–Kier alpha value is -4.39. The molecule has 0 spiro atoms. The van der Waals surface area contributed by atoms with Gasteiger partial charge in [-0.25, -0.2) is 19.8 Å². The molecule has 2 aromatic carbocycles. The van der Waals surface area contributed by atoms with Gasteiger partial charge in [0.15, 0.2) is 5.49 Å². The van der Waals surface area contributed by atoms with Crippen molar-refractivity contribution in [1.29, 1.82) is 0 Å². The molecule has 1 unspecified atom stereocenters. The third-order valence-corrected chi connectivity index (χ3v) is 6.46. The number of carbonyl (C=O) groups is 2. The van der Waals surface area contributed by atoms with Gasteiger partial charge < -0.3 is 10.4 Å². The van der Waals surface area contributed by atoms with Crippen molar-refractivity contribution in [3.05, 3.63) is 117 Å². The summed E-state index contributed by atoms with van der Waals surface area (Å²) in [5.41, 5.74) is 7.06. The van der Waals surface area contributed by atoms with E-state index in [0.29, 0.717) is 6.54 Å². The van der Waals surface area contributed by atoms with Gasteiger partial charge in [0.05, 0.1) is 23.4 Å². The van der Waals surface area contributed by atoms with E-state index in [1.165, 1.54) is 23.3 Å². The number of nitrogens with one attached hydrogen (secondary N) is 1. The minimum atomic E-state index is -0.966. The average Bonchev–Trinajstić information content (AvgIpc) is 3.24. The van der Waals surface area contributed by atoms with E-state index in [4.69, 9.17) is 10.1 Å². The summed E-state index contributed by atoms with van der Waals surface area (Å²) in [5, 5.41) is 12.9. The number of fused-ring (bicyclic) bond motifs is 2. The Balaban J connectivity index is 1.23. The maximum absolute atomic E-state index is 12.4. The lowest BCUT2D eigenvalue weighted by atomic mass is 9.86. The highest BCUT2D eigenvalue weighted by molar-refractivity contribution is 5.87. The number of aryl methyl sites for hydroxylation is 2. The molecule has 1 amide bonds. The number of aromatic nitrogens is 2. The van der Waals surface area contributed by atoms with E-state index in [1.54, 1.807) is 12.1 Å². The van der Waals surface area contributed by atoms with Crippen molar-refractivity contribution < 1.29 is 14.7 Å². The Morgan fingerprint density at radius 3 is 2.36 bits per heavy atom. The Labute approximate surface area is 208 Å². The van der Waals surface area contributed by atoms with Gasteiger partial charge in [0, 0.05) is 17.7 Å². The molecule has 180 valence electrons. The minimum Gasteiger partial charge on any atom is -0.478 e. The van der Waals surface area contributed by atoms with Crippen LogP contribution in [-0.2, 0) is 24.2 Å². The first-order valence-corrected chi connectivity index (χ1v) is 11.9. The molecule has 2 heterocycles. The number of hydrogen-bond acceptors (Lipinski definition) is 5. The van der Waals surface area contributed by atoms with Gasteiger partial charge in [-0.05, 0) is 60.7 Å². The van der Waals surface area contributed by atoms with E-state index in [9.17, 15) is 9.59 Å². The second-order valence-electron chi connectivity index (χ2n) is 9.10. The number of allylic oxidation sites excluding steroid dienone is 4. The van der Waals surface area contributed by atoms with Gasteiger partial charge in [0.25, 0.3) is 0 Å². The fraction of sp³-hybridized carbons (Fsp3) is 0.207.